The molecule has 0 radical (unpaired) electrons. The van der Waals surface area contributed by atoms with Gasteiger partial charge in [-0.3, -0.25) is 0 Å². The van der Waals surface area contributed by atoms with Gasteiger partial charge >= 0.3 is 0 Å². The lowest BCUT2D eigenvalue weighted by Gasteiger charge is -2.25. The molecule has 0 heterocycles. The van der Waals surface area contributed by atoms with Gasteiger partial charge in [-0.15, -0.1) is 4.91 Å². The summed E-state index contributed by atoms with van der Waals surface area (Å²) in [6, 6.07) is 0. The van der Waals surface area contributed by atoms with Gasteiger partial charge in [0.2, 0.25) is 0 Å². The summed E-state index contributed by atoms with van der Waals surface area (Å²) in [5, 5.41) is 0.265. The molecule has 0 fully saturated rings. The maximum absolute atomic E-state index is 10.5. The summed E-state index contributed by atoms with van der Waals surface area (Å²) >= 11 is 2.42. The van der Waals surface area contributed by atoms with Crippen molar-refractivity contribution in [3.8, 4) is 0 Å². The van der Waals surface area contributed by atoms with E-state index in [0.717, 1.165) is 24.8 Å². The van der Waals surface area contributed by atoms with Crippen LogP contribution in [0.1, 0.15) is 78.6 Å². The highest BCUT2D eigenvalue weighted by Crippen LogP contribution is 2.35. The van der Waals surface area contributed by atoms with E-state index in [1.165, 1.54) is 57.0 Å². The quantitative estimate of drug-likeness (QED) is 0.148. The van der Waals surface area contributed by atoms with Crippen molar-refractivity contribution in [3.63, 3.8) is 0 Å². The smallest absolute Gasteiger partial charge is 0.0397 e. The van der Waals surface area contributed by atoms with Gasteiger partial charge in [-0.05, 0) is 26.7 Å². The van der Waals surface area contributed by atoms with E-state index in [2.05, 4.69) is 29.6 Å². The van der Waals surface area contributed by atoms with E-state index < -0.39 is 0 Å². The molecule has 0 aromatic carbocycles. The van der Waals surface area contributed by atoms with Crippen molar-refractivity contribution < 1.29 is 4.28 Å². The predicted molar refractivity (Wildman–Crippen MR) is 91.3 cm³/mol. The maximum atomic E-state index is 10.5. The zero-order valence-electron chi connectivity index (χ0n) is 13.1. The lowest BCUT2D eigenvalue weighted by Crippen LogP contribution is -2.22. The average molecular weight is 323 g/mol. The highest BCUT2D eigenvalue weighted by atomic mass is 32.2. The van der Waals surface area contributed by atoms with Gasteiger partial charge in [-0.2, -0.15) is 0 Å². The fourth-order valence-corrected chi connectivity index (χ4v) is 3.81. The van der Waals surface area contributed by atoms with Gasteiger partial charge in [-0.1, -0.05) is 51.9 Å². The molecule has 1 atom stereocenters. The molecule has 0 aromatic rings. The van der Waals surface area contributed by atoms with Gasteiger partial charge in [0, 0.05) is 38.6 Å². The molecular formula is C14H30N2O2S2. The zero-order valence-corrected chi connectivity index (χ0v) is 14.7. The number of nitrogens with two attached hydrogens (primary N) is 1. The Labute approximate surface area is 132 Å². The summed E-state index contributed by atoms with van der Waals surface area (Å²) in [5.41, 5.74) is 0. The minimum absolute atomic E-state index is 0.0851. The van der Waals surface area contributed by atoms with Gasteiger partial charge in [0.15, 0.2) is 0 Å². The predicted octanol–water partition coefficient (Wildman–Crippen LogP) is 5.62. The van der Waals surface area contributed by atoms with Gasteiger partial charge < -0.3 is 0 Å². The van der Waals surface area contributed by atoms with Crippen LogP contribution in [0.4, 0.5) is 0 Å². The Morgan fingerprint density at radius 2 is 1.75 bits per heavy atom. The molecule has 2 N–H and O–H groups in total. The van der Waals surface area contributed by atoms with Crippen LogP contribution in [0.2, 0.25) is 0 Å². The molecule has 6 heteroatoms. The van der Waals surface area contributed by atoms with Crippen LogP contribution in [0.5, 0.6) is 0 Å². The summed E-state index contributed by atoms with van der Waals surface area (Å²) in [6.45, 7) is 6.39. The van der Waals surface area contributed by atoms with Gasteiger partial charge in [-0.25, -0.2) is 10.2 Å². The van der Waals surface area contributed by atoms with Crippen LogP contribution >= 0.6 is 24.0 Å². The standard InChI is InChI=1S/C14H30N2O2S2/c1-4-5-6-7-8-9-10-11-13(19-16-17)12-14(2,3)20-18-15/h13H,4-12,15H2,1-3H3. The first-order valence-electron chi connectivity index (χ1n) is 7.58. The van der Waals surface area contributed by atoms with Crippen molar-refractivity contribution >= 4 is 24.0 Å². The minimum Gasteiger partial charge on any atom is -0.234 e. The molecular weight excluding hydrogens is 292 g/mol. The van der Waals surface area contributed by atoms with E-state index in [1.807, 2.05) is 0 Å². The van der Waals surface area contributed by atoms with Gasteiger partial charge in [0.25, 0.3) is 0 Å². The minimum atomic E-state index is -0.0851. The highest BCUT2D eigenvalue weighted by Gasteiger charge is 2.25. The summed E-state index contributed by atoms with van der Waals surface area (Å²) < 4.78 is 7.58. The van der Waals surface area contributed by atoms with Crippen LogP contribution < -0.4 is 5.90 Å². The molecule has 120 valence electrons. The summed E-state index contributed by atoms with van der Waals surface area (Å²) in [4.78, 5) is 10.5. The molecule has 20 heavy (non-hydrogen) atoms. The maximum Gasteiger partial charge on any atom is 0.0397 e. The Morgan fingerprint density at radius 1 is 1.15 bits per heavy atom. The van der Waals surface area contributed by atoms with Crippen molar-refractivity contribution in [2.24, 2.45) is 10.5 Å². The third-order valence-corrected chi connectivity index (χ3v) is 4.82. The van der Waals surface area contributed by atoms with Crippen molar-refractivity contribution in [1.82, 2.24) is 0 Å². The summed E-state index contributed by atoms with van der Waals surface area (Å²) in [6.07, 6.45) is 11.0. The Hall–Kier alpha value is 0.220. The fraction of sp³-hybridized carbons (Fsp3) is 1.00. The number of nitrogens with zero attached hydrogens (tertiary/aromatic N) is 1. The number of nitroso groups, excluding NO2 is 1. The van der Waals surface area contributed by atoms with Gasteiger partial charge in [0.1, 0.15) is 0 Å². The van der Waals surface area contributed by atoms with E-state index in [9.17, 15) is 4.91 Å². The van der Waals surface area contributed by atoms with Crippen molar-refractivity contribution in [2.75, 3.05) is 0 Å². The first kappa shape index (κ1) is 20.2. The fourth-order valence-electron chi connectivity index (χ4n) is 2.29. The molecule has 0 aliphatic heterocycles. The first-order valence-corrected chi connectivity index (χ1v) is 9.16. The van der Waals surface area contributed by atoms with E-state index in [4.69, 9.17) is 5.90 Å². The van der Waals surface area contributed by atoms with E-state index in [1.54, 1.807) is 0 Å². The Bertz CT molecular complexity index is 241. The molecule has 0 aromatic heterocycles. The zero-order chi connectivity index (χ0) is 15.3. The van der Waals surface area contributed by atoms with Crippen LogP contribution in [0.15, 0.2) is 4.58 Å². The van der Waals surface area contributed by atoms with Crippen molar-refractivity contribution in [3.05, 3.63) is 4.91 Å². The second kappa shape index (κ2) is 12.9. The monoisotopic (exact) mass is 322 g/mol. The van der Waals surface area contributed by atoms with E-state index >= 15 is 0 Å². The normalized spacial score (nSPS) is 13.4. The SMILES string of the molecule is CCCCCCCCCC(CC(C)(C)SON)SN=O. The Kier molecular flexibility index (Phi) is 13.1. The Balaban J connectivity index is 3.82. The van der Waals surface area contributed by atoms with Crippen LogP contribution in [-0.2, 0) is 4.28 Å². The molecule has 0 saturated carbocycles. The second-order valence-corrected chi connectivity index (χ2v) is 8.35. The topological polar surface area (TPSA) is 64.7 Å². The molecule has 1 unspecified atom stereocenters. The summed E-state index contributed by atoms with van der Waals surface area (Å²) in [5.74, 6) is 5.11. The molecule has 0 rings (SSSR count). The third-order valence-electron chi connectivity index (χ3n) is 3.31. The molecule has 0 saturated heterocycles. The van der Waals surface area contributed by atoms with E-state index in [0.29, 0.717) is 0 Å². The largest absolute Gasteiger partial charge is 0.234 e. The molecule has 0 amide bonds. The van der Waals surface area contributed by atoms with Crippen LogP contribution in [0.25, 0.3) is 0 Å². The molecule has 4 nitrogen and oxygen atoms in total. The molecule has 0 aliphatic rings. The van der Waals surface area contributed by atoms with Crippen LogP contribution in [0.3, 0.4) is 0 Å². The number of hydrogen-bond donors (Lipinski definition) is 1. The second-order valence-electron chi connectivity index (χ2n) is 5.86. The number of rotatable bonds is 14. The van der Waals surface area contributed by atoms with Crippen LogP contribution in [0, 0.1) is 4.91 Å². The molecule has 0 aliphatic carbocycles. The highest BCUT2D eigenvalue weighted by molar-refractivity contribution is 7.98. The van der Waals surface area contributed by atoms with Crippen LogP contribution in [-0.4, -0.2) is 10.00 Å². The number of hydrogen-bond acceptors (Lipinski definition) is 6. The lowest BCUT2D eigenvalue weighted by molar-refractivity contribution is 0.382. The average Bonchev–Trinajstić information content (AvgIpc) is 2.37. The molecule has 0 bridgehead atoms. The van der Waals surface area contributed by atoms with E-state index in [-0.39, 0.29) is 10.00 Å². The molecule has 0 spiro atoms. The Morgan fingerprint density at radius 3 is 2.30 bits per heavy atom. The van der Waals surface area contributed by atoms with Crippen molar-refractivity contribution in [1.29, 1.82) is 0 Å². The van der Waals surface area contributed by atoms with Crippen molar-refractivity contribution in [2.45, 2.75) is 88.6 Å². The number of unbranched alkanes of at least 4 members (excludes halogenated alkanes) is 6. The van der Waals surface area contributed by atoms with Gasteiger partial charge in [0.05, 0.1) is 0 Å². The summed E-state index contributed by atoms with van der Waals surface area (Å²) in [7, 11) is 0. The third kappa shape index (κ3) is 12.0. The first-order chi connectivity index (χ1) is 9.55. The lowest BCUT2D eigenvalue weighted by atomic mass is 10.0.